The van der Waals surface area contributed by atoms with Gasteiger partial charge in [0, 0.05) is 11.6 Å². The lowest BCUT2D eigenvalue weighted by molar-refractivity contribution is 0.224. The average Bonchev–Trinajstić information content (AvgIpc) is 2.88. The maximum atomic E-state index is 5.97. The third kappa shape index (κ3) is 6.31. The summed E-state index contributed by atoms with van der Waals surface area (Å²) in [6.07, 6.45) is -0.0476. The van der Waals surface area contributed by atoms with E-state index in [1.165, 1.54) is 0 Å². The number of nitrogens with zero attached hydrogens (tertiary/aromatic N) is 2. The van der Waals surface area contributed by atoms with Crippen LogP contribution in [0.3, 0.4) is 0 Å². The number of aliphatic imine (C=N–C) groups is 1. The Kier molecular flexibility index (Phi) is 7.13. The van der Waals surface area contributed by atoms with E-state index < -0.39 is 0 Å². The summed E-state index contributed by atoms with van der Waals surface area (Å²) in [5.74, 6) is 2.87. The van der Waals surface area contributed by atoms with Crippen molar-refractivity contribution >= 4 is 17.6 Å². The Hall–Kier alpha value is -2.21. The molecule has 7 heteroatoms. The average molecular weight is 365 g/mol. The monoisotopic (exact) mass is 364 g/mol. The van der Waals surface area contributed by atoms with Gasteiger partial charge in [0.2, 0.25) is 5.89 Å². The predicted molar refractivity (Wildman–Crippen MR) is 100 cm³/mol. The zero-order valence-corrected chi connectivity index (χ0v) is 15.9. The van der Waals surface area contributed by atoms with Crippen LogP contribution in [0, 0.1) is 13.8 Å². The highest BCUT2D eigenvalue weighted by Gasteiger charge is 2.08. The molecule has 0 fully saturated rings. The number of guanidine groups is 1. The standard InChI is InChI=1S/C18H25ClN4O2/c1-5-20-18(22-11-17-23-13(3)14(4)25-17)21-10-12(2)24-16-8-6-7-15(19)9-16/h6-9,12H,5,10-11H2,1-4H3,(H2,20,21,22). The Morgan fingerprint density at radius 1 is 1.36 bits per heavy atom. The van der Waals surface area contributed by atoms with Crippen LogP contribution in [-0.2, 0) is 6.54 Å². The molecule has 0 bridgehead atoms. The molecule has 0 amide bonds. The van der Waals surface area contributed by atoms with Gasteiger partial charge in [-0.2, -0.15) is 0 Å². The Bertz CT molecular complexity index is 695. The van der Waals surface area contributed by atoms with Gasteiger partial charge in [-0.25, -0.2) is 9.98 Å². The topological polar surface area (TPSA) is 71.7 Å². The summed E-state index contributed by atoms with van der Waals surface area (Å²) in [7, 11) is 0. The number of oxazole rings is 1. The number of rotatable bonds is 7. The maximum absolute atomic E-state index is 5.97. The summed E-state index contributed by atoms with van der Waals surface area (Å²) < 4.78 is 11.4. The summed E-state index contributed by atoms with van der Waals surface area (Å²) in [4.78, 5) is 8.83. The van der Waals surface area contributed by atoms with E-state index >= 15 is 0 Å². The number of benzene rings is 1. The molecule has 0 radical (unpaired) electrons. The smallest absolute Gasteiger partial charge is 0.216 e. The molecule has 1 unspecified atom stereocenters. The van der Waals surface area contributed by atoms with Crippen molar-refractivity contribution in [3.05, 3.63) is 46.6 Å². The van der Waals surface area contributed by atoms with Crippen LogP contribution in [0.25, 0.3) is 0 Å². The lowest BCUT2D eigenvalue weighted by Gasteiger charge is -2.17. The molecule has 136 valence electrons. The molecule has 25 heavy (non-hydrogen) atoms. The highest BCUT2D eigenvalue weighted by atomic mass is 35.5. The van der Waals surface area contributed by atoms with E-state index in [4.69, 9.17) is 20.8 Å². The molecule has 0 saturated heterocycles. The van der Waals surface area contributed by atoms with E-state index in [1.54, 1.807) is 6.07 Å². The summed E-state index contributed by atoms with van der Waals surface area (Å²) in [6, 6.07) is 7.36. The molecule has 0 saturated carbocycles. The highest BCUT2D eigenvalue weighted by Crippen LogP contribution is 2.18. The van der Waals surface area contributed by atoms with Gasteiger partial charge in [0.1, 0.15) is 24.2 Å². The molecule has 0 spiro atoms. The molecular formula is C18H25ClN4O2. The summed E-state index contributed by atoms with van der Waals surface area (Å²) in [6.45, 7) is 9.56. The zero-order valence-electron chi connectivity index (χ0n) is 15.1. The SMILES string of the molecule is CCNC(=NCc1nc(C)c(C)o1)NCC(C)Oc1cccc(Cl)c1. The number of ether oxygens (including phenoxy) is 1. The molecule has 2 rings (SSSR count). The van der Waals surface area contributed by atoms with Crippen LogP contribution >= 0.6 is 11.6 Å². The molecule has 1 atom stereocenters. The third-order valence-electron chi connectivity index (χ3n) is 3.48. The molecule has 2 aromatic rings. The molecule has 0 aliphatic heterocycles. The fraction of sp³-hybridized carbons (Fsp3) is 0.444. The van der Waals surface area contributed by atoms with Crippen LogP contribution in [-0.4, -0.2) is 30.1 Å². The number of hydrogen-bond donors (Lipinski definition) is 2. The fourth-order valence-corrected chi connectivity index (χ4v) is 2.33. The van der Waals surface area contributed by atoms with Crippen LogP contribution < -0.4 is 15.4 Å². The van der Waals surface area contributed by atoms with Crippen molar-refractivity contribution in [3.8, 4) is 5.75 Å². The second-order valence-corrected chi connectivity index (χ2v) is 6.15. The van der Waals surface area contributed by atoms with Gasteiger partial charge in [0.25, 0.3) is 0 Å². The van der Waals surface area contributed by atoms with Gasteiger partial charge < -0.3 is 19.8 Å². The van der Waals surface area contributed by atoms with Crippen LogP contribution in [0.5, 0.6) is 5.75 Å². The minimum atomic E-state index is -0.0476. The maximum Gasteiger partial charge on any atom is 0.216 e. The molecule has 6 nitrogen and oxygen atoms in total. The molecule has 1 aromatic carbocycles. The fourth-order valence-electron chi connectivity index (χ4n) is 2.15. The molecule has 1 heterocycles. The van der Waals surface area contributed by atoms with Gasteiger partial charge in [-0.1, -0.05) is 17.7 Å². The van der Waals surface area contributed by atoms with Gasteiger partial charge >= 0.3 is 0 Å². The van der Waals surface area contributed by atoms with E-state index in [1.807, 2.05) is 45.9 Å². The van der Waals surface area contributed by atoms with E-state index in [-0.39, 0.29) is 6.10 Å². The minimum Gasteiger partial charge on any atom is -0.489 e. The summed E-state index contributed by atoms with van der Waals surface area (Å²) >= 11 is 5.97. The van der Waals surface area contributed by atoms with E-state index in [2.05, 4.69) is 20.6 Å². The summed E-state index contributed by atoms with van der Waals surface area (Å²) in [5.41, 5.74) is 0.895. The number of aryl methyl sites for hydroxylation is 2. The van der Waals surface area contributed by atoms with Gasteiger partial charge in [0.15, 0.2) is 5.96 Å². The van der Waals surface area contributed by atoms with Crippen LogP contribution in [0.1, 0.15) is 31.2 Å². The van der Waals surface area contributed by atoms with Crippen molar-refractivity contribution < 1.29 is 9.15 Å². The third-order valence-corrected chi connectivity index (χ3v) is 3.71. The normalized spacial score (nSPS) is 12.8. The predicted octanol–water partition coefficient (Wildman–Crippen LogP) is 3.47. The number of hydrogen-bond acceptors (Lipinski definition) is 4. The Morgan fingerprint density at radius 2 is 2.16 bits per heavy atom. The molecule has 0 aliphatic carbocycles. The zero-order chi connectivity index (χ0) is 18.2. The lowest BCUT2D eigenvalue weighted by Crippen LogP contribution is -2.41. The van der Waals surface area contributed by atoms with E-state index in [9.17, 15) is 0 Å². The van der Waals surface area contributed by atoms with Crippen LogP contribution in [0.4, 0.5) is 0 Å². The van der Waals surface area contributed by atoms with Crippen molar-refractivity contribution in [3.63, 3.8) is 0 Å². The van der Waals surface area contributed by atoms with Crippen molar-refractivity contribution in [1.29, 1.82) is 0 Å². The highest BCUT2D eigenvalue weighted by molar-refractivity contribution is 6.30. The van der Waals surface area contributed by atoms with Gasteiger partial charge in [0.05, 0.1) is 12.2 Å². The summed E-state index contributed by atoms with van der Waals surface area (Å²) in [5, 5.41) is 7.11. The second kappa shape index (κ2) is 9.32. The van der Waals surface area contributed by atoms with E-state index in [0.717, 1.165) is 23.7 Å². The lowest BCUT2D eigenvalue weighted by atomic mass is 10.3. The van der Waals surface area contributed by atoms with Crippen molar-refractivity contribution in [2.24, 2.45) is 4.99 Å². The first-order chi connectivity index (χ1) is 12.0. The van der Waals surface area contributed by atoms with Crippen LogP contribution in [0.2, 0.25) is 5.02 Å². The largest absolute Gasteiger partial charge is 0.489 e. The molecule has 0 aliphatic rings. The Balaban J connectivity index is 1.88. The first-order valence-corrected chi connectivity index (χ1v) is 8.73. The Morgan fingerprint density at radius 3 is 2.80 bits per heavy atom. The number of nitrogens with one attached hydrogen (secondary N) is 2. The number of aromatic nitrogens is 1. The van der Waals surface area contributed by atoms with Crippen molar-refractivity contribution in [2.45, 2.75) is 40.3 Å². The first-order valence-electron chi connectivity index (χ1n) is 8.35. The molecule has 1 aromatic heterocycles. The molecule has 2 N–H and O–H groups in total. The van der Waals surface area contributed by atoms with Crippen molar-refractivity contribution in [1.82, 2.24) is 15.6 Å². The molecular weight excluding hydrogens is 340 g/mol. The Labute approximate surface area is 153 Å². The van der Waals surface area contributed by atoms with E-state index in [0.29, 0.717) is 30.0 Å². The quantitative estimate of drug-likeness (QED) is 0.581. The van der Waals surface area contributed by atoms with Crippen molar-refractivity contribution in [2.75, 3.05) is 13.1 Å². The minimum absolute atomic E-state index is 0.0476. The van der Waals surface area contributed by atoms with Crippen LogP contribution in [0.15, 0.2) is 33.7 Å². The van der Waals surface area contributed by atoms with Gasteiger partial charge in [-0.15, -0.1) is 0 Å². The number of halogens is 1. The second-order valence-electron chi connectivity index (χ2n) is 5.71. The van der Waals surface area contributed by atoms with Gasteiger partial charge in [-0.3, -0.25) is 0 Å². The first kappa shape index (κ1) is 19.1. The van der Waals surface area contributed by atoms with Gasteiger partial charge in [-0.05, 0) is 45.9 Å².